The van der Waals surface area contributed by atoms with Crippen LogP contribution in [0.5, 0.6) is 0 Å². The van der Waals surface area contributed by atoms with Gasteiger partial charge in [-0.25, -0.2) is 4.39 Å². The summed E-state index contributed by atoms with van der Waals surface area (Å²) in [6.07, 6.45) is 2.47. The largest absolute Gasteiger partial charge is 0.397 e. The molecule has 3 N–H and O–H groups in total. The quantitative estimate of drug-likeness (QED) is 0.828. The first kappa shape index (κ1) is 10.7. The van der Waals surface area contributed by atoms with Gasteiger partial charge in [-0.3, -0.25) is 0 Å². The van der Waals surface area contributed by atoms with Crippen molar-refractivity contribution < 1.29 is 4.39 Å². The van der Waals surface area contributed by atoms with Crippen LogP contribution < -0.4 is 11.1 Å². The number of nitrogens with one attached hydrogen (secondary N) is 1. The molecular formula is C11H14BrFN2. The minimum absolute atomic E-state index is 0.285. The molecule has 0 aromatic heterocycles. The van der Waals surface area contributed by atoms with Gasteiger partial charge in [0.05, 0.1) is 15.8 Å². The molecule has 1 aromatic rings. The summed E-state index contributed by atoms with van der Waals surface area (Å²) in [5.41, 5.74) is 7.43. The Bertz CT molecular complexity index is 388. The Balaban J connectivity index is 2.10. The van der Waals surface area contributed by atoms with Gasteiger partial charge in [-0.15, -0.1) is 0 Å². The number of benzene rings is 1. The fourth-order valence-corrected chi connectivity index (χ4v) is 1.78. The molecule has 2 rings (SSSR count). The van der Waals surface area contributed by atoms with Crippen LogP contribution in [0.25, 0.3) is 0 Å². The lowest BCUT2D eigenvalue weighted by molar-refractivity contribution is 0.606. The van der Waals surface area contributed by atoms with Crippen LogP contribution in [0.15, 0.2) is 16.6 Å². The second-order valence-electron chi connectivity index (χ2n) is 4.52. The monoisotopic (exact) mass is 272 g/mol. The van der Waals surface area contributed by atoms with Crippen molar-refractivity contribution >= 4 is 27.3 Å². The van der Waals surface area contributed by atoms with E-state index in [0.29, 0.717) is 21.3 Å². The predicted octanol–water partition coefficient (Wildman–Crippen LogP) is 3.38. The van der Waals surface area contributed by atoms with Crippen molar-refractivity contribution in [3.63, 3.8) is 0 Å². The molecule has 1 fully saturated rings. The summed E-state index contributed by atoms with van der Waals surface area (Å²) < 4.78 is 13.7. The van der Waals surface area contributed by atoms with Crippen LogP contribution in [0.4, 0.5) is 15.8 Å². The molecular weight excluding hydrogens is 259 g/mol. The molecule has 0 amide bonds. The highest BCUT2D eigenvalue weighted by molar-refractivity contribution is 9.10. The van der Waals surface area contributed by atoms with Crippen molar-refractivity contribution in [3.05, 3.63) is 22.4 Å². The van der Waals surface area contributed by atoms with Crippen molar-refractivity contribution in [3.8, 4) is 0 Å². The molecule has 0 aliphatic heterocycles. The maximum absolute atomic E-state index is 13.3. The van der Waals surface area contributed by atoms with Crippen LogP contribution in [0, 0.1) is 11.2 Å². The second kappa shape index (κ2) is 3.67. The summed E-state index contributed by atoms with van der Waals surface area (Å²) in [4.78, 5) is 0. The van der Waals surface area contributed by atoms with Crippen LogP contribution in [-0.4, -0.2) is 6.54 Å². The van der Waals surface area contributed by atoms with Gasteiger partial charge in [0.1, 0.15) is 5.82 Å². The van der Waals surface area contributed by atoms with E-state index in [1.807, 2.05) is 0 Å². The van der Waals surface area contributed by atoms with E-state index in [9.17, 15) is 4.39 Å². The fraction of sp³-hybridized carbons (Fsp3) is 0.455. The van der Waals surface area contributed by atoms with Gasteiger partial charge < -0.3 is 11.1 Å². The molecule has 1 saturated carbocycles. The predicted molar refractivity (Wildman–Crippen MR) is 64.3 cm³/mol. The van der Waals surface area contributed by atoms with E-state index in [1.54, 1.807) is 6.07 Å². The molecule has 0 radical (unpaired) electrons. The lowest BCUT2D eigenvalue weighted by atomic mass is 10.1. The minimum Gasteiger partial charge on any atom is -0.397 e. The first-order chi connectivity index (χ1) is 7.00. The summed E-state index contributed by atoms with van der Waals surface area (Å²) in [7, 11) is 0. The number of hydrogen-bond donors (Lipinski definition) is 2. The van der Waals surface area contributed by atoms with Crippen LogP contribution in [0.2, 0.25) is 0 Å². The van der Waals surface area contributed by atoms with Crippen LogP contribution in [0.3, 0.4) is 0 Å². The molecule has 15 heavy (non-hydrogen) atoms. The van der Waals surface area contributed by atoms with Gasteiger partial charge in [-0.1, -0.05) is 6.92 Å². The summed E-state index contributed by atoms with van der Waals surface area (Å²) >= 11 is 3.10. The smallest absolute Gasteiger partial charge is 0.139 e. The maximum atomic E-state index is 13.3. The van der Waals surface area contributed by atoms with Gasteiger partial charge in [-0.05, 0) is 40.3 Å². The summed E-state index contributed by atoms with van der Waals surface area (Å²) in [5.74, 6) is -0.285. The van der Waals surface area contributed by atoms with Gasteiger partial charge >= 0.3 is 0 Å². The number of nitrogens with two attached hydrogens (primary N) is 1. The van der Waals surface area contributed by atoms with Gasteiger partial charge in [-0.2, -0.15) is 0 Å². The SMILES string of the molecule is CC1(CNc2cc(F)c(Br)cc2N)CC1. The van der Waals surface area contributed by atoms with Crippen LogP contribution >= 0.6 is 15.9 Å². The molecule has 1 aromatic carbocycles. The number of nitrogen functional groups attached to an aromatic ring is 1. The highest BCUT2D eigenvalue weighted by Gasteiger charge is 2.36. The molecule has 82 valence electrons. The van der Waals surface area contributed by atoms with E-state index in [-0.39, 0.29) is 5.82 Å². The highest BCUT2D eigenvalue weighted by atomic mass is 79.9. The fourth-order valence-electron chi connectivity index (χ4n) is 1.41. The first-order valence-electron chi connectivity index (χ1n) is 4.99. The molecule has 0 spiro atoms. The lowest BCUT2D eigenvalue weighted by Gasteiger charge is -2.13. The molecule has 0 unspecified atom stereocenters. The van der Waals surface area contributed by atoms with Crippen molar-refractivity contribution in [1.82, 2.24) is 0 Å². The van der Waals surface area contributed by atoms with Crippen LogP contribution in [-0.2, 0) is 0 Å². The van der Waals surface area contributed by atoms with Crippen molar-refractivity contribution in [2.75, 3.05) is 17.6 Å². The van der Waals surface area contributed by atoms with E-state index in [2.05, 4.69) is 28.2 Å². The second-order valence-corrected chi connectivity index (χ2v) is 5.37. The third kappa shape index (κ3) is 2.43. The zero-order chi connectivity index (χ0) is 11.1. The van der Waals surface area contributed by atoms with Gasteiger partial charge in [0, 0.05) is 12.6 Å². The van der Waals surface area contributed by atoms with E-state index in [4.69, 9.17) is 5.73 Å². The highest BCUT2D eigenvalue weighted by Crippen LogP contribution is 2.45. The normalized spacial score (nSPS) is 17.5. The van der Waals surface area contributed by atoms with Crippen molar-refractivity contribution in [1.29, 1.82) is 0 Å². The van der Waals surface area contributed by atoms with Gasteiger partial charge in [0.2, 0.25) is 0 Å². The molecule has 1 aliphatic carbocycles. The number of hydrogen-bond acceptors (Lipinski definition) is 2. The lowest BCUT2D eigenvalue weighted by Crippen LogP contribution is -2.13. The summed E-state index contributed by atoms with van der Waals surface area (Å²) in [6.45, 7) is 3.07. The Kier molecular flexibility index (Phi) is 2.63. The number of halogens is 2. The third-order valence-corrected chi connectivity index (χ3v) is 3.51. The average Bonchev–Trinajstić information content (AvgIpc) is 2.89. The third-order valence-electron chi connectivity index (χ3n) is 2.90. The minimum atomic E-state index is -0.285. The standard InChI is InChI=1S/C11H14BrFN2/c1-11(2-3-11)6-15-10-5-8(13)7(12)4-9(10)14/h4-5,15H,2-3,6,14H2,1H3. The zero-order valence-electron chi connectivity index (χ0n) is 8.61. The van der Waals surface area contributed by atoms with Gasteiger partial charge in [0.15, 0.2) is 0 Å². The summed E-state index contributed by atoms with van der Waals surface area (Å²) in [6, 6.07) is 3.03. The molecule has 0 heterocycles. The summed E-state index contributed by atoms with van der Waals surface area (Å²) in [5, 5.41) is 3.20. The molecule has 0 saturated heterocycles. The number of rotatable bonds is 3. The molecule has 0 atom stereocenters. The Morgan fingerprint density at radius 2 is 2.20 bits per heavy atom. The Hall–Kier alpha value is -0.770. The van der Waals surface area contributed by atoms with E-state index < -0.39 is 0 Å². The topological polar surface area (TPSA) is 38.0 Å². The van der Waals surface area contributed by atoms with E-state index in [1.165, 1.54) is 18.9 Å². The Morgan fingerprint density at radius 1 is 1.53 bits per heavy atom. The Labute approximate surface area is 97.2 Å². The first-order valence-corrected chi connectivity index (χ1v) is 5.78. The van der Waals surface area contributed by atoms with Gasteiger partial charge in [0.25, 0.3) is 0 Å². The van der Waals surface area contributed by atoms with Crippen molar-refractivity contribution in [2.45, 2.75) is 19.8 Å². The molecule has 1 aliphatic rings. The van der Waals surface area contributed by atoms with E-state index in [0.717, 1.165) is 6.54 Å². The number of anilines is 2. The molecule has 2 nitrogen and oxygen atoms in total. The average molecular weight is 273 g/mol. The van der Waals surface area contributed by atoms with Crippen LogP contribution in [0.1, 0.15) is 19.8 Å². The van der Waals surface area contributed by atoms with Crippen molar-refractivity contribution in [2.24, 2.45) is 5.41 Å². The Morgan fingerprint density at radius 3 is 2.80 bits per heavy atom. The van der Waals surface area contributed by atoms with E-state index >= 15 is 0 Å². The molecule has 0 bridgehead atoms. The maximum Gasteiger partial charge on any atom is 0.139 e. The zero-order valence-corrected chi connectivity index (χ0v) is 10.2. The molecule has 4 heteroatoms.